The van der Waals surface area contributed by atoms with E-state index in [1.165, 1.54) is 6.08 Å². The normalized spacial score (nSPS) is 20.1. The third-order valence-electron chi connectivity index (χ3n) is 7.29. The van der Waals surface area contributed by atoms with Crippen LogP contribution >= 0.6 is 0 Å². The Hall–Kier alpha value is -5.10. The van der Waals surface area contributed by atoms with Crippen LogP contribution in [0.2, 0.25) is 0 Å². The van der Waals surface area contributed by atoms with Gasteiger partial charge in [0.15, 0.2) is 6.10 Å². The number of hydrogen-bond donors (Lipinski definition) is 3. The van der Waals surface area contributed by atoms with Crippen LogP contribution in [-0.2, 0) is 11.8 Å². The van der Waals surface area contributed by atoms with Crippen molar-refractivity contribution < 1.29 is 9.53 Å². The first-order chi connectivity index (χ1) is 20.3. The average molecular weight is 562 g/mol. The van der Waals surface area contributed by atoms with E-state index < -0.39 is 6.10 Å². The van der Waals surface area contributed by atoms with Gasteiger partial charge in [0.05, 0.1) is 23.2 Å². The Labute approximate surface area is 246 Å². The number of hydrogen-bond acceptors (Lipinski definition) is 7. The molecule has 0 saturated carbocycles. The second kappa shape index (κ2) is 12.6. The molecule has 4 N–H and O–H groups in total. The van der Waals surface area contributed by atoms with E-state index in [0.717, 1.165) is 35.3 Å². The van der Waals surface area contributed by atoms with Gasteiger partial charge in [0.2, 0.25) is 5.91 Å². The Kier molecular flexibility index (Phi) is 8.53. The predicted octanol–water partition coefficient (Wildman–Crippen LogP) is 4.67. The van der Waals surface area contributed by atoms with E-state index in [1.807, 2.05) is 62.7 Å². The molecular weight excluding hydrogens is 526 g/mol. The first kappa shape index (κ1) is 28.4. The highest BCUT2D eigenvalue weighted by Gasteiger charge is 2.27. The summed E-state index contributed by atoms with van der Waals surface area (Å²) >= 11 is 0. The largest absolute Gasteiger partial charge is 0.474 e. The van der Waals surface area contributed by atoms with Crippen molar-refractivity contribution in [3.63, 3.8) is 0 Å². The van der Waals surface area contributed by atoms with E-state index in [4.69, 9.17) is 10.5 Å². The molecule has 9 heteroatoms. The van der Waals surface area contributed by atoms with Gasteiger partial charge in [-0.2, -0.15) is 5.10 Å². The SMILES string of the molecule is C=CC(=O)N1CCCC(Nc2c(-c3cnn(C)c3)cnc(N)c2C(=N)C2=C/CC#CC(Oc3cccc(C)c3)/C=C\2)C1. The summed E-state index contributed by atoms with van der Waals surface area (Å²) in [4.78, 5) is 18.7. The Morgan fingerprint density at radius 3 is 2.95 bits per heavy atom. The molecule has 42 heavy (non-hydrogen) atoms. The van der Waals surface area contributed by atoms with Crippen LogP contribution in [-0.4, -0.2) is 56.5 Å². The van der Waals surface area contributed by atoms with Crippen LogP contribution in [0.25, 0.3) is 11.1 Å². The summed E-state index contributed by atoms with van der Waals surface area (Å²) in [6.07, 6.45) is 14.1. The van der Waals surface area contributed by atoms with Gasteiger partial charge in [-0.25, -0.2) is 4.98 Å². The van der Waals surface area contributed by atoms with E-state index in [9.17, 15) is 10.2 Å². The van der Waals surface area contributed by atoms with Crippen LogP contribution in [0.1, 0.15) is 30.4 Å². The van der Waals surface area contributed by atoms with Gasteiger partial charge in [0.1, 0.15) is 11.6 Å². The lowest BCUT2D eigenvalue weighted by Gasteiger charge is -2.34. The molecule has 2 aliphatic rings. The van der Waals surface area contributed by atoms with Crippen molar-refractivity contribution in [3.8, 4) is 28.7 Å². The minimum atomic E-state index is -0.464. The molecule has 2 unspecified atom stereocenters. The van der Waals surface area contributed by atoms with E-state index in [1.54, 1.807) is 22.0 Å². The first-order valence-corrected chi connectivity index (χ1v) is 14.0. The van der Waals surface area contributed by atoms with Crippen molar-refractivity contribution in [2.45, 2.75) is 38.3 Å². The Balaban J connectivity index is 1.49. The number of nitrogens with one attached hydrogen (secondary N) is 2. The fourth-order valence-electron chi connectivity index (χ4n) is 5.20. The Bertz CT molecular complexity index is 1640. The molecule has 2 atom stereocenters. The lowest BCUT2D eigenvalue weighted by Crippen LogP contribution is -2.44. The molecule has 3 aromatic rings. The van der Waals surface area contributed by atoms with Crippen LogP contribution in [0, 0.1) is 24.2 Å². The number of benzene rings is 1. The number of ether oxygens (including phenoxy) is 1. The van der Waals surface area contributed by atoms with Crippen molar-refractivity contribution in [1.82, 2.24) is 19.7 Å². The van der Waals surface area contributed by atoms with Crippen LogP contribution in [0.15, 0.2) is 79.3 Å². The summed E-state index contributed by atoms with van der Waals surface area (Å²) in [5, 5.41) is 17.3. The maximum absolute atomic E-state index is 12.4. The maximum atomic E-state index is 12.4. The quantitative estimate of drug-likeness (QED) is 0.209. The summed E-state index contributed by atoms with van der Waals surface area (Å²) in [5.74, 6) is 7.17. The molecule has 1 saturated heterocycles. The van der Waals surface area contributed by atoms with Gasteiger partial charge in [0, 0.05) is 56.1 Å². The molecule has 2 aromatic heterocycles. The molecule has 1 aromatic carbocycles. The lowest BCUT2D eigenvalue weighted by molar-refractivity contribution is -0.127. The number of carbonyl (C=O) groups excluding carboxylic acids is 1. The number of carbonyl (C=O) groups is 1. The third kappa shape index (κ3) is 6.44. The van der Waals surface area contributed by atoms with Gasteiger partial charge in [0.25, 0.3) is 0 Å². The number of likely N-dealkylation sites (tertiary alicyclic amines) is 1. The second-order valence-corrected chi connectivity index (χ2v) is 10.5. The summed E-state index contributed by atoms with van der Waals surface area (Å²) in [6.45, 7) is 6.86. The molecule has 9 nitrogen and oxygen atoms in total. The fraction of sp³-hybridized carbons (Fsp3) is 0.273. The van der Waals surface area contributed by atoms with Gasteiger partial charge in [-0.05, 0) is 55.2 Å². The highest BCUT2D eigenvalue weighted by Crippen LogP contribution is 2.36. The van der Waals surface area contributed by atoms with E-state index in [0.29, 0.717) is 36.3 Å². The standard InChI is InChI=1S/C33H35N7O2/c1-4-29(41)40-16-8-11-25(21-40)38-32-28(24-18-37-39(3)20-24)19-36-33(35)30(32)31(34)23-10-5-6-12-26(15-14-23)42-27-13-7-9-22(2)17-27/h4,7,9-10,13-15,17-20,25-26,34H,1,5,8,11,16,21H2,2-3H3,(H3,35,36,38)/b15-14-,23-10+,34-31?. The van der Waals surface area contributed by atoms with Crippen molar-refractivity contribution >= 4 is 23.1 Å². The number of nitrogens with two attached hydrogens (primary N) is 1. The predicted molar refractivity (Wildman–Crippen MR) is 166 cm³/mol. The number of nitrogen functional groups attached to an aromatic ring is 1. The van der Waals surface area contributed by atoms with E-state index >= 15 is 0 Å². The molecule has 1 aliphatic heterocycles. The molecule has 1 aliphatic carbocycles. The Morgan fingerprint density at radius 1 is 1.33 bits per heavy atom. The van der Waals surface area contributed by atoms with Crippen molar-refractivity contribution in [2.75, 3.05) is 24.1 Å². The lowest BCUT2D eigenvalue weighted by atomic mass is 9.94. The number of nitrogens with zero attached hydrogens (tertiary/aromatic N) is 4. The molecule has 0 spiro atoms. The summed E-state index contributed by atoms with van der Waals surface area (Å²) in [6, 6.07) is 7.79. The average Bonchev–Trinajstić information content (AvgIpc) is 3.40. The smallest absolute Gasteiger partial charge is 0.246 e. The molecule has 1 amide bonds. The van der Waals surface area contributed by atoms with Crippen molar-refractivity contribution in [1.29, 1.82) is 5.41 Å². The molecule has 1 fully saturated rings. The van der Waals surface area contributed by atoms with Crippen LogP contribution in [0.4, 0.5) is 11.5 Å². The third-order valence-corrected chi connectivity index (χ3v) is 7.29. The fourth-order valence-corrected chi connectivity index (χ4v) is 5.20. The van der Waals surface area contributed by atoms with Gasteiger partial charge in [-0.1, -0.05) is 42.7 Å². The number of allylic oxidation sites excluding steroid dienone is 3. The molecular formula is C33H35N7O2. The molecule has 214 valence electrons. The Morgan fingerprint density at radius 2 is 2.19 bits per heavy atom. The van der Waals surface area contributed by atoms with Gasteiger partial charge >= 0.3 is 0 Å². The molecule has 3 heterocycles. The number of aryl methyl sites for hydroxylation is 2. The van der Waals surface area contributed by atoms with Crippen LogP contribution < -0.4 is 15.8 Å². The number of pyridine rings is 1. The van der Waals surface area contributed by atoms with Gasteiger partial charge in [-0.15, -0.1) is 0 Å². The van der Waals surface area contributed by atoms with E-state index in [2.05, 4.69) is 33.8 Å². The molecule has 5 rings (SSSR count). The first-order valence-electron chi connectivity index (χ1n) is 14.0. The van der Waals surface area contributed by atoms with Crippen LogP contribution in [0.3, 0.4) is 0 Å². The number of rotatable bonds is 8. The zero-order chi connectivity index (χ0) is 29.6. The van der Waals surface area contributed by atoms with Crippen LogP contribution in [0.5, 0.6) is 5.75 Å². The molecule has 0 bridgehead atoms. The summed E-state index contributed by atoms with van der Waals surface area (Å²) < 4.78 is 7.84. The minimum absolute atomic E-state index is 0.0498. The number of piperidine rings is 1. The zero-order valence-corrected chi connectivity index (χ0v) is 23.9. The maximum Gasteiger partial charge on any atom is 0.246 e. The van der Waals surface area contributed by atoms with Crippen molar-refractivity contribution in [2.24, 2.45) is 7.05 Å². The summed E-state index contributed by atoms with van der Waals surface area (Å²) in [7, 11) is 1.85. The number of aromatic nitrogens is 3. The van der Waals surface area contributed by atoms with Crippen molar-refractivity contribution in [3.05, 3.63) is 90.4 Å². The highest BCUT2D eigenvalue weighted by molar-refractivity contribution is 6.19. The van der Waals surface area contributed by atoms with Gasteiger partial charge < -0.3 is 20.7 Å². The van der Waals surface area contributed by atoms with Gasteiger partial charge in [-0.3, -0.25) is 14.9 Å². The zero-order valence-electron chi connectivity index (χ0n) is 23.9. The highest BCUT2D eigenvalue weighted by atomic mass is 16.5. The topological polar surface area (TPSA) is 122 Å². The molecule has 0 radical (unpaired) electrons. The van der Waals surface area contributed by atoms with E-state index in [-0.39, 0.29) is 23.5 Å². The second-order valence-electron chi connectivity index (χ2n) is 10.5. The minimum Gasteiger partial charge on any atom is -0.474 e. The summed E-state index contributed by atoms with van der Waals surface area (Å²) in [5.41, 5.74) is 11.3. The number of amides is 1. The monoisotopic (exact) mass is 561 g/mol. The number of anilines is 2.